The minimum absolute atomic E-state index is 0.228. The summed E-state index contributed by atoms with van der Waals surface area (Å²) in [4.78, 5) is 9.54. The molecule has 1 aliphatic heterocycles. The largest absolute Gasteiger partial charge is 0.351 e. The van der Waals surface area contributed by atoms with E-state index in [1.54, 1.807) is 6.08 Å². The minimum Gasteiger partial charge on any atom is -0.351 e. The van der Waals surface area contributed by atoms with E-state index < -0.39 is 0 Å². The van der Waals surface area contributed by atoms with Gasteiger partial charge >= 0.3 is 0 Å². The van der Waals surface area contributed by atoms with Gasteiger partial charge in [0.1, 0.15) is 5.84 Å². The Balaban J connectivity index is 1.88. The third kappa shape index (κ3) is 3.65. The van der Waals surface area contributed by atoms with Crippen molar-refractivity contribution >= 4 is 17.2 Å². The summed E-state index contributed by atoms with van der Waals surface area (Å²) in [5.41, 5.74) is 7.40. The fourth-order valence-corrected chi connectivity index (χ4v) is 5.37. The topological polar surface area (TPSA) is 40.0 Å². The fraction of sp³-hybridized carbons (Fsp3) is 0.280. The molecule has 148 valence electrons. The lowest BCUT2D eigenvalue weighted by Crippen LogP contribution is -2.36. The van der Waals surface area contributed by atoms with Crippen LogP contribution in [-0.2, 0) is 13.0 Å². The third-order valence-electron chi connectivity index (χ3n) is 5.74. The number of benzene rings is 1. The van der Waals surface area contributed by atoms with E-state index in [-0.39, 0.29) is 5.92 Å². The molecule has 0 radical (unpaired) electrons. The van der Waals surface area contributed by atoms with Crippen molar-refractivity contribution in [2.45, 2.75) is 39.7 Å². The lowest BCUT2D eigenvalue weighted by molar-refractivity contribution is 0.375. The molecule has 3 aromatic rings. The predicted molar refractivity (Wildman–Crippen MR) is 123 cm³/mol. The second kappa shape index (κ2) is 7.96. The van der Waals surface area contributed by atoms with Crippen LogP contribution in [0.1, 0.15) is 45.0 Å². The Kier molecular flexibility index (Phi) is 5.37. The van der Waals surface area contributed by atoms with E-state index in [2.05, 4.69) is 73.6 Å². The number of nitrogens with one attached hydrogen (secondary N) is 1. The number of hydrogen-bond acceptors (Lipinski definition) is 3. The van der Waals surface area contributed by atoms with Crippen LogP contribution < -0.4 is 0 Å². The normalized spacial score (nSPS) is 15.8. The number of amidine groups is 1. The molecule has 29 heavy (non-hydrogen) atoms. The van der Waals surface area contributed by atoms with Gasteiger partial charge in [-0.05, 0) is 60.7 Å². The van der Waals surface area contributed by atoms with Crippen molar-refractivity contribution in [1.29, 1.82) is 5.41 Å². The standard InChI is InChI=1S/C25H27N3S/c1-5-18-12-22-23(14-28(25(26)6-2)15-24(22)29-18)20-10-8-7-9-19(20)21-11-16(3)13-27-17(21)4/h6-13,23,26H,2,5,14-15H2,1,3-4H3/t23-/m0/s1. The van der Waals surface area contributed by atoms with Crippen molar-refractivity contribution in [3.05, 3.63) is 87.4 Å². The predicted octanol–water partition coefficient (Wildman–Crippen LogP) is 6.10. The number of rotatable bonds is 4. The first-order chi connectivity index (χ1) is 14.0. The van der Waals surface area contributed by atoms with Gasteiger partial charge < -0.3 is 4.90 Å². The zero-order valence-electron chi connectivity index (χ0n) is 17.3. The fourth-order valence-electron chi connectivity index (χ4n) is 4.18. The van der Waals surface area contributed by atoms with Crippen LogP contribution in [0, 0.1) is 19.3 Å². The number of pyridine rings is 1. The van der Waals surface area contributed by atoms with Crippen molar-refractivity contribution in [2.24, 2.45) is 0 Å². The van der Waals surface area contributed by atoms with Crippen LogP contribution in [0.3, 0.4) is 0 Å². The molecule has 4 heteroatoms. The Hall–Kier alpha value is -2.72. The molecule has 3 heterocycles. The van der Waals surface area contributed by atoms with Gasteiger partial charge in [0, 0.05) is 39.7 Å². The summed E-state index contributed by atoms with van der Waals surface area (Å²) in [6.07, 6.45) is 4.63. The molecule has 3 nitrogen and oxygen atoms in total. The number of aromatic nitrogens is 1. The molecule has 1 atom stereocenters. The molecule has 0 bridgehead atoms. The van der Waals surface area contributed by atoms with E-state index in [9.17, 15) is 0 Å². The van der Waals surface area contributed by atoms with Gasteiger partial charge in [-0.1, -0.05) is 37.8 Å². The van der Waals surface area contributed by atoms with Gasteiger partial charge in [0.05, 0.1) is 6.54 Å². The Morgan fingerprint density at radius 3 is 2.79 bits per heavy atom. The van der Waals surface area contributed by atoms with Gasteiger partial charge in [-0.3, -0.25) is 10.4 Å². The van der Waals surface area contributed by atoms with Crippen molar-refractivity contribution in [3.63, 3.8) is 0 Å². The lowest BCUT2D eigenvalue weighted by Gasteiger charge is -2.35. The van der Waals surface area contributed by atoms with Crippen molar-refractivity contribution in [2.75, 3.05) is 6.54 Å². The zero-order valence-corrected chi connectivity index (χ0v) is 18.1. The smallest absolute Gasteiger partial charge is 0.120 e. The monoisotopic (exact) mass is 401 g/mol. The summed E-state index contributed by atoms with van der Waals surface area (Å²) < 4.78 is 0. The van der Waals surface area contributed by atoms with Crippen LogP contribution in [0.4, 0.5) is 0 Å². The molecule has 0 amide bonds. The molecule has 0 saturated carbocycles. The first kappa shape index (κ1) is 19.6. The molecular formula is C25H27N3S. The van der Waals surface area contributed by atoms with Crippen LogP contribution in [-0.4, -0.2) is 22.3 Å². The number of nitrogens with zero attached hydrogens (tertiary/aromatic N) is 2. The first-order valence-corrected chi connectivity index (χ1v) is 10.9. The Labute approximate surface area is 177 Å². The molecule has 0 spiro atoms. The van der Waals surface area contributed by atoms with Crippen LogP contribution in [0.5, 0.6) is 0 Å². The van der Waals surface area contributed by atoms with E-state index in [4.69, 9.17) is 5.41 Å². The molecular weight excluding hydrogens is 374 g/mol. The molecule has 1 N–H and O–H groups in total. The van der Waals surface area contributed by atoms with E-state index in [0.29, 0.717) is 5.84 Å². The first-order valence-electron chi connectivity index (χ1n) is 10.1. The van der Waals surface area contributed by atoms with Gasteiger partial charge in [0.25, 0.3) is 0 Å². The second-order valence-electron chi connectivity index (χ2n) is 7.70. The molecule has 1 aliphatic rings. The highest BCUT2D eigenvalue weighted by Crippen LogP contribution is 2.42. The highest BCUT2D eigenvalue weighted by Gasteiger charge is 2.31. The van der Waals surface area contributed by atoms with E-state index in [1.807, 2.05) is 17.5 Å². The summed E-state index contributed by atoms with van der Waals surface area (Å²) in [6.45, 7) is 11.8. The van der Waals surface area contributed by atoms with E-state index >= 15 is 0 Å². The second-order valence-corrected chi connectivity index (χ2v) is 8.92. The number of thiophene rings is 1. The van der Waals surface area contributed by atoms with E-state index in [0.717, 1.165) is 25.2 Å². The molecule has 2 aromatic heterocycles. The number of hydrogen-bond donors (Lipinski definition) is 1. The van der Waals surface area contributed by atoms with Crippen molar-refractivity contribution in [3.8, 4) is 11.1 Å². The highest BCUT2D eigenvalue weighted by molar-refractivity contribution is 7.12. The Morgan fingerprint density at radius 1 is 1.24 bits per heavy atom. The summed E-state index contributed by atoms with van der Waals surface area (Å²) in [7, 11) is 0. The molecule has 4 rings (SSSR count). The summed E-state index contributed by atoms with van der Waals surface area (Å²) in [5, 5.41) is 8.36. The van der Waals surface area contributed by atoms with Crippen LogP contribution in [0.15, 0.2) is 55.3 Å². The maximum atomic E-state index is 8.36. The molecule has 1 aromatic carbocycles. The van der Waals surface area contributed by atoms with Gasteiger partial charge in [-0.25, -0.2) is 0 Å². The summed E-state index contributed by atoms with van der Waals surface area (Å²) >= 11 is 1.89. The summed E-state index contributed by atoms with van der Waals surface area (Å²) in [6, 6.07) is 13.3. The van der Waals surface area contributed by atoms with Gasteiger partial charge in [-0.15, -0.1) is 11.3 Å². The number of aryl methyl sites for hydroxylation is 3. The van der Waals surface area contributed by atoms with Crippen LogP contribution >= 0.6 is 11.3 Å². The lowest BCUT2D eigenvalue weighted by atomic mass is 9.83. The Morgan fingerprint density at radius 2 is 2.03 bits per heavy atom. The molecule has 0 fully saturated rings. The average Bonchev–Trinajstić information content (AvgIpc) is 3.17. The van der Waals surface area contributed by atoms with Crippen LogP contribution in [0.25, 0.3) is 11.1 Å². The molecule has 0 unspecified atom stereocenters. The highest BCUT2D eigenvalue weighted by atomic mass is 32.1. The maximum absolute atomic E-state index is 8.36. The van der Waals surface area contributed by atoms with E-state index in [1.165, 1.54) is 37.6 Å². The number of fused-ring (bicyclic) bond motifs is 1. The van der Waals surface area contributed by atoms with Crippen molar-refractivity contribution < 1.29 is 0 Å². The maximum Gasteiger partial charge on any atom is 0.120 e. The summed E-state index contributed by atoms with van der Waals surface area (Å²) in [5.74, 6) is 0.727. The minimum atomic E-state index is 0.228. The molecule has 0 aliphatic carbocycles. The molecule has 0 saturated heterocycles. The third-order valence-corrected chi connectivity index (χ3v) is 7.02. The zero-order chi connectivity index (χ0) is 20.5. The Bertz CT molecular complexity index is 1080. The van der Waals surface area contributed by atoms with Crippen molar-refractivity contribution in [1.82, 2.24) is 9.88 Å². The quantitative estimate of drug-likeness (QED) is 0.424. The average molecular weight is 402 g/mol. The SMILES string of the molecule is C=CC(=N)N1Cc2sc(CC)cc2[C@H](c2ccccc2-c2cc(C)cnc2C)C1. The van der Waals surface area contributed by atoms with Gasteiger partial charge in [-0.2, -0.15) is 0 Å². The van der Waals surface area contributed by atoms with Gasteiger partial charge in [0.15, 0.2) is 0 Å². The van der Waals surface area contributed by atoms with Crippen LogP contribution in [0.2, 0.25) is 0 Å². The van der Waals surface area contributed by atoms with Gasteiger partial charge in [0.2, 0.25) is 0 Å².